The average molecular weight is 441 g/mol. The van der Waals surface area contributed by atoms with Crippen LogP contribution in [0.3, 0.4) is 0 Å². The summed E-state index contributed by atoms with van der Waals surface area (Å²) in [5.41, 5.74) is -0.0550. The lowest BCUT2D eigenvalue weighted by Gasteiger charge is -2.29. The standard InChI is InChI=1S/C22H23N3O7/c1-5-23(12-14-9-10-17(31-3)18(11-14)32-4)20(26)13(2)24-21(27)15-7-6-8-16(25(29)30)19(15)22(24)28/h6-11,13H,5,12H2,1-4H3/t13-/m0/s1. The van der Waals surface area contributed by atoms with Gasteiger partial charge >= 0.3 is 0 Å². The minimum absolute atomic E-state index is 0.0770. The monoisotopic (exact) mass is 441 g/mol. The highest BCUT2D eigenvalue weighted by Gasteiger charge is 2.45. The fourth-order valence-electron chi connectivity index (χ4n) is 3.71. The van der Waals surface area contributed by atoms with Crippen molar-refractivity contribution in [2.24, 2.45) is 0 Å². The van der Waals surface area contributed by atoms with Crippen LogP contribution in [0.5, 0.6) is 11.5 Å². The first kappa shape index (κ1) is 22.7. The van der Waals surface area contributed by atoms with Crippen LogP contribution in [0.15, 0.2) is 36.4 Å². The van der Waals surface area contributed by atoms with Crippen molar-refractivity contribution in [3.8, 4) is 11.5 Å². The third-order valence-electron chi connectivity index (χ3n) is 5.38. The Bertz CT molecular complexity index is 1100. The fourth-order valence-corrected chi connectivity index (χ4v) is 3.71. The number of benzene rings is 2. The first-order chi connectivity index (χ1) is 15.2. The van der Waals surface area contributed by atoms with Gasteiger partial charge in [0.15, 0.2) is 11.5 Å². The second-order valence-corrected chi connectivity index (χ2v) is 7.15. The molecule has 0 saturated heterocycles. The quantitative estimate of drug-likeness (QED) is 0.351. The molecule has 10 nitrogen and oxygen atoms in total. The van der Waals surface area contributed by atoms with Crippen LogP contribution >= 0.6 is 0 Å². The lowest BCUT2D eigenvalue weighted by molar-refractivity contribution is -0.385. The summed E-state index contributed by atoms with van der Waals surface area (Å²) in [6.07, 6.45) is 0. The molecule has 2 aromatic rings. The van der Waals surface area contributed by atoms with Crippen LogP contribution in [-0.4, -0.2) is 59.3 Å². The van der Waals surface area contributed by atoms with Gasteiger partial charge in [0.2, 0.25) is 5.91 Å². The van der Waals surface area contributed by atoms with Crippen molar-refractivity contribution in [3.05, 3.63) is 63.2 Å². The lowest BCUT2D eigenvalue weighted by atomic mass is 10.1. The Morgan fingerprint density at radius 1 is 1.12 bits per heavy atom. The number of carbonyl (C=O) groups excluding carboxylic acids is 3. The minimum Gasteiger partial charge on any atom is -0.493 e. The Morgan fingerprint density at radius 3 is 2.41 bits per heavy atom. The van der Waals surface area contributed by atoms with Crippen LogP contribution in [0.2, 0.25) is 0 Å². The second kappa shape index (κ2) is 9.04. The molecule has 10 heteroatoms. The fraction of sp³-hybridized carbons (Fsp3) is 0.318. The van der Waals surface area contributed by atoms with Crippen molar-refractivity contribution in [3.63, 3.8) is 0 Å². The van der Waals surface area contributed by atoms with E-state index < -0.39 is 34.4 Å². The van der Waals surface area contributed by atoms with Gasteiger partial charge in [0, 0.05) is 19.2 Å². The van der Waals surface area contributed by atoms with Gasteiger partial charge in [0.25, 0.3) is 17.5 Å². The molecule has 0 saturated carbocycles. The van der Waals surface area contributed by atoms with Gasteiger partial charge in [0.1, 0.15) is 11.6 Å². The van der Waals surface area contributed by atoms with E-state index in [9.17, 15) is 24.5 Å². The molecule has 0 aromatic heterocycles. The molecule has 32 heavy (non-hydrogen) atoms. The molecule has 0 unspecified atom stereocenters. The van der Waals surface area contributed by atoms with Crippen molar-refractivity contribution in [2.45, 2.75) is 26.4 Å². The number of nitro groups is 1. The van der Waals surface area contributed by atoms with Crippen LogP contribution in [0.1, 0.15) is 40.1 Å². The van der Waals surface area contributed by atoms with Crippen LogP contribution in [-0.2, 0) is 11.3 Å². The van der Waals surface area contributed by atoms with Gasteiger partial charge < -0.3 is 14.4 Å². The number of carbonyl (C=O) groups is 3. The number of fused-ring (bicyclic) bond motifs is 1. The van der Waals surface area contributed by atoms with Crippen molar-refractivity contribution < 1.29 is 28.8 Å². The molecular weight excluding hydrogens is 418 g/mol. The third kappa shape index (κ3) is 3.86. The summed E-state index contributed by atoms with van der Waals surface area (Å²) in [5.74, 6) is -0.975. The molecule has 0 radical (unpaired) electrons. The molecule has 168 valence electrons. The molecule has 0 aliphatic carbocycles. The summed E-state index contributed by atoms with van der Waals surface area (Å²) in [6.45, 7) is 3.75. The summed E-state index contributed by atoms with van der Waals surface area (Å²) >= 11 is 0. The van der Waals surface area contributed by atoms with E-state index in [0.29, 0.717) is 18.0 Å². The number of nitrogens with zero attached hydrogens (tertiary/aromatic N) is 3. The number of amides is 3. The van der Waals surface area contributed by atoms with Crippen LogP contribution in [0, 0.1) is 10.1 Å². The van der Waals surface area contributed by atoms with Crippen molar-refractivity contribution in [1.29, 1.82) is 0 Å². The minimum atomic E-state index is -1.14. The Labute approximate surface area is 184 Å². The molecule has 2 aromatic carbocycles. The van der Waals surface area contributed by atoms with Gasteiger partial charge in [-0.15, -0.1) is 0 Å². The summed E-state index contributed by atoms with van der Waals surface area (Å²) in [5, 5.41) is 11.3. The highest BCUT2D eigenvalue weighted by Crippen LogP contribution is 2.32. The molecule has 1 heterocycles. The largest absolute Gasteiger partial charge is 0.493 e. The van der Waals surface area contributed by atoms with Gasteiger partial charge in [-0.25, -0.2) is 0 Å². The van der Waals surface area contributed by atoms with E-state index in [1.807, 2.05) is 0 Å². The summed E-state index contributed by atoms with van der Waals surface area (Å²) in [7, 11) is 3.03. The first-order valence-corrected chi connectivity index (χ1v) is 9.90. The zero-order chi connectivity index (χ0) is 23.6. The number of hydrogen-bond acceptors (Lipinski definition) is 7. The third-order valence-corrected chi connectivity index (χ3v) is 5.38. The second-order valence-electron chi connectivity index (χ2n) is 7.15. The number of ether oxygens (including phenoxy) is 2. The highest BCUT2D eigenvalue weighted by molar-refractivity contribution is 6.24. The maximum Gasteiger partial charge on any atom is 0.282 e. The van der Waals surface area contributed by atoms with Gasteiger partial charge in [-0.1, -0.05) is 12.1 Å². The molecule has 1 aliphatic heterocycles. The predicted molar refractivity (Wildman–Crippen MR) is 114 cm³/mol. The topological polar surface area (TPSA) is 119 Å². The Kier molecular flexibility index (Phi) is 6.42. The van der Waals surface area contributed by atoms with E-state index in [1.54, 1.807) is 25.1 Å². The molecule has 0 fully saturated rings. The lowest BCUT2D eigenvalue weighted by Crippen LogP contribution is -2.49. The normalized spacial score (nSPS) is 13.6. The summed E-state index contributed by atoms with van der Waals surface area (Å²) in [6, 6.07) is 7.96. The Balaban J connectivity index is 1.85. The van der Waals surface area contributed by atoms with Crippen molar-refractivity contribution in [1.82, 2.24) is 9.80 Å². The van der Waals surface area contributed by atoms with Crippen molar-refractivity contribution >= 4 is 23.4 Å². The van der Waals surface area contributed by atoms with E-state index in [4.69, 9.17) is 9.47 Å². The molecule has 3 amide bonds. The van der Waals surface area contributed by atoms with Crippen LogP contribution in [0.4, 0.5) is 5.69 Å². The number of nitro benzene ring substituents is 1. The summed E-state index contributed by atoms with van der Waals surface area (Å²) < 4.78 is 10.5. The molecule has 3 rings (SSSR count). The number of likely N-dealkylation sites (N-methyl/N-ethyl adjacent to an activating group) is 1. The number of rotatable bonds is 8. The Hall–Kier alpha value is -3.95. The average Bonchev–Trinajstić information content (AvgIpc) is 3.06. The highest BCUT2D eigenvalue weighted by atomic mass is 16.6. The van der Waals surface area contributed by atoms with E-state index in [1.165, 1.54) is 38.2 Å². The maximum atomic E-state index is 13.2. The number of imide groups is 1. The molecule has 0 N–H and O–H groups in total. The zero-order valence-electron chi connectivity index (χ0n) is 18.2. The SMILES string of the molecule is CCN(Cc1ccc(OC)c(OC)c1)C(=O)[C@H](C)N1C(=O)c2cccc([N+](=O)[O-])c2C1=O. The van der Waals surface area contributed by atoms with Gasteiger partial charge in [-0.2, -0.15) is 0 Å². The van der Waals surface area contributed by atoms with E-state index in [2.05, 4.69) is 0 Å². The van der Waals surface area contributed by atoms with Gasteiger partial charge in [0.05, 0.1) is 24.7 Å². The first-order valence-electron chi connectivity index (χ1n) is 9.90. The smallest absolute Gasteiger partial charge is 0.282 e. The zero-order valence-corrected chi connectivity index (χ0v) is 18.2. The summed E-state index contributed by atoms with van der Waals surface area (Å²) in [4.78, 5) is 51.8. The molecule has 1 atom stereocenters. The van der Waals surface area contributed by atoms with E-state index >= 15 is 0 Å². The van der Waals surface area contributed by atoms with Crippen LogP contribution in [0.25, 0.3) is 0 Å². The van der Waals surface area contributed by atoms with E-state index in [0.717, 1.165) is 16.5 Å². The Morgan fingerprint density at radius 2 is 1.81 bits per heavy atom. The van der Waals surface area contributed by atoms with E-state index in [-0.39, 0.29) is 17.7 Å². The number of methoxy groups -OCH3 is 2. The molecular formula is C22H23N3O7. The number of hydrogen-bond donors (Lipinski definition) is 0. The van der Waals surface area contributed by atoms with Gasteiger partial charge in [-0.05, 0) is 37.6 Å². The molecule has 0 spiro atoms. The van der Waals surface area contributed by atoms with Crippen LogP contribution < -0.4 is 9.47 Å². The van der Waals surface area contributed by atoms with Gasteiger partial charge in [-0.3, -0.25) is 29.4 Å². The predicted octanol–water partition coefficient (Wildman–Crippen LogP) is 2.65. The molecule has 1 aliphatic rings. The maximum absolute atomic E-state index is 13.2. The van der Waals surface area contributed by atoms with Crippen molar-refractivity contribution in [2.75, 3.05) is 20.8 Å². The molecule has 0 bridgehead atoms.